The first-order chi connectivity index (χ1) is 9.08. The van der Waals surface area contributed by atoms with Crippen molar-refractivity contribution in [3.63, 3.8) is 0 Å². The van der Waals surface area contributed by atoms with E-state index in [1.807, 2.05) is 0 Å². The van der Waals surface area contributed by atoms with Crippen molar-refractivity contribution < 1.29 is 9.59 Å². The van der Waals surface area contributed by atoms with Gasteiger partial charge in [-0.2, -0.15) is 0 Å². The Morgan fingerprint density at radius 1 is 1.21 bits per heavy atom. The molecule has 1 aliphatic rings. The third-order valence-corrected chi connectivity index (χ3v) is 3.84. The van der Waals surface area contributed by atoms with Gasteiger partial charge in [-0.3, -0.25) is 9.59 Å². The number of nitrogens with one attached hydrogen (secondary N) is 1. The van der Waals surface area contributed by atoms with Gasteiger partial charge in [-0.05, 0) is 37.0 Å². The molecule has 102 valence electrons. The van der Waals surface area contributed by atoms with Crippen molar-refractivity contribution in [2.75, 3.05) is 0 Å². The van der Waals surface area contributed by atoms with Gasteiger partial charge in [-0.25, -0.2) is 0 Å². The number of benzene rings is 1. The highest BCUT2D eigenvalue weighted by Crippen LogP contribution is 2.24. The number of primary amides is 1. The van der Waals surface area contributed by atoms with E-state index in [1.165, 1.54) is 6.42 Å². The van der Waals surface area contributed by atoms with Crippen LogP contribution in [0.5, 0.6) is 0 Å². The Balaban J connectivity index is 2.07. The van der Waals surface area contributed by atoms with E-state index in [1.54, 1.807) is 24.3 Å². The van der Waals surface area contributed by atoms with Crippen LogP contribution in [0.3, 0.4) is 0 Å². The smallest absolute Gasteiger partial charge is 0.251 e. The molecule has 1 aromatic carbocycles. The van der Waals surface area contributed by atoms with Crippen LogP contribution in [-0.2, 0) is 0 Å². The largest absolute Gasteiger partial charge is 0.366 e. The van der Waals surface area contributed by atoms with Crippen molar-refractivity contribution in [3.8, 4) is 0 Å². The number of hydrogen-bond donors (Lipinski definition) is 2. The van der Waals surface area contributed by atoms with E-state index in [0.29, 0.717) is 17.0 Å². The van der Waals surface area contributed by atoms with Crippen LogP contribution in [-0.4, -0.2) is 17.9 Å². The second kappa shape index (κ2) is 5.87. The van der Waals surface area contributed by atoms with E-state index < -0.39 is 5.91 Å². The van der Waals surface area contributed by atoms with Gasteiger partial charge in [0.1, 0.15) is 0 Å². The standard InChI is InChI=1S/C15H20N2O2/c1-10-5-2-3-8-13(10)17-15(19)12-7-4-6-11(9-12)14(16)18/h4,6-7,9-10,13H,2-3,5,8H2,1H3,(H2,16,18)(H,17,19). The quantitative estimate of drug-likeness (QED) is 0.873. The summed E-state index contributed by atoms with van der Waals surface area (Å²) in [5.74, 6) is -0.125. The van der Waals surface area contributed by atoms with Crippen molar-refractivity contribution in [1.82, 2.24) is 5.32 Å². The Bertz CT molecular complexity index is 485. The van der Waals surface area contributed by atoms with Crippen LogP contribution < -0.4 is 11.1 Å². The lowest BCUT2D eigenvalue weighted by molar-refractivity contribution is 0.0910. The molecule has 1 aromatic rings. The summed E-state index contributed by atoms with van der Waals surface area (Å²) in [4.78, 5) is 23.3. The van der Waals surface area contributed by atoms with E-state index in [2.05, 4.69) is 12.2 Å². The third kappa shape index (κ3) is 3.34. The molecule has 4 heteroatoms. The fraction of sp³-hybridized carbons (Fsp3) is 0.467. The highest BCUT2D eigenvalue weighted by Gasteiger charge is 2.23. The first-order valence-electron chi connectivity index (χ1n) is 6.78. The Labute approximate surface area is 113 Å². The topological polar surface area (TPSA) is 72.2 Å². The maximum Gasteiger partial charge on any atom is 0.251 e. The molecule has 0 radical (unpaired) electrons. The van der Waals surface area contributed by atoms with Gasteiger partial charge in [0, 0.05) is 17.2 Å². The summed E-state index contributed by atoms with van der Waals surface area (Å²) in [6.07, 6.45) is 4.59. The molecule has 1 saturated carbocycles. The molecule has 2 unspecified atom stereocenters. The molecule has 2 rings (SSSR count). The van der Waals surface area contributed by atoms with E-state index >= 15 is 0 Å². The normalized spacial score (nSPS) is 22.8. The molecule has 1 fully saturated rings. The van der Waals surface area contributed by atoms with Crippen molar-refractivity contribution in [2.45, 2.75) is 38.6 Å². The number of amides is 2. The molecule has 0 heterocycles. The van der Waals surface area contributed by atoms with Crippen LogP contribution >= 0.6 is 0 Å². The van der Waals surface area contributed by atoms with Crippen LogP contribution in [0.4, 0.5) is 0 Å². The predicted octanol–water partition coefficient (Wildman–Crippen LogP) is 2.09. The van der Waals surface area contributed by atoms with E-state index in [4.69, 9.17) is 5.73 Å². The molecule has 0 spiro atoms. The monoisotopic (exact) mass is 260 g/mol. The van der Waals surface area contributed by atoms with Crippen molar-refractivity contribution in [2.24, 2.45) is 11.7 Å². The average molecular weight is 260 g/mol. The molecular weight excluding hydrogens is 240 g/mol. The van der Waals surface area contributed by atoms with Crippen molar-refractivity contribution in [1.29, 1.82) is 0 Å². The fourth-order valence-electron chi connectivity index (χ4n) is 2.60. The van der Waals surface area contributed by atoms with Gasteiger partial charge in [0.15, 0.2) is 0 Å². The first-order valence-corrected chi connectivity index (χ1v) is 6.78. The summed E-state index contributed by atoms with van der Waals surface area (Å²) in [6, 6.07) is 6.78. The molecule has 0 aromatic heterocycles. The molecule has 19 heavy (non-hydrogen) atoms. The SMILES string of the molecule is CC1CCCCC1NC(=O)c1cccc(C(N)=O)c1. The number of nitrogens with two attached hydrogens (primary N) is 1. The maximum absolute atomic E-state index is 12.2. The Kier molecular flexibility index (Phi) is 4.20. The average Bonchev–Trinajstić information content (AvgIpc) is 2.41. The number of hydrogen-bond acceptors (Lipinski definition) is 2. The molecule has 0 saturated heterocycles. The van der Waals surface area contributed by atoms with Crippen LogP contribution in [0.25, 0.3) is 0 Å². The zero-order valence-electron chi connectivity index (χ0n) is 11.2. The van der Waals surface area contributed by atoms with E-state index in [-0.39, 0.29) is 11.9 Å². The van der Waals surface area contributed by atoms with Gasteiger partial charge in [0.2, 0.25) is 5.91 Å². The lowest BCUT2D eigenvalue weighted by Gasteiger charge is -2.29. The van der Waals surface area contributed by atoms with Crippen LogP contribution in [0, 0.1) is 5.92 Å². The van der Waals surface area contributed by atoms with Crippen LogP contribution in [0.15, 0.2) is 24.3 Å². The number of rotatable bonds is 3. The lowest BCUT2D eigenvalue weighted by atomic mass is 9.86. The number of carbonyl (C=O) groups excluding carboxylic acids is 2. The van der Waals surface area contributed by atoms with Gasteiger partial charge in [0.05, 0.1) is 0 Å². The highest BCUT2D eigenvalue weighted by molar-refractivity contribution is 5.99. The molecule has 3 N–H and O–H groups in total. The van der Waals surface area contributed by atoms with Gasteiger partial charge in [0.25, 0.3) is 5.91 Å². The van der Waals surface area contributed by atoms with Gasteiger partial charge in [-0.15, -0.1) is 0 Å². The molecule has 2 atom stereocenters. The minimum Gasteiger partial charge on any atom is -0.366 e. The molecule has 0 bridgehead atoms. The molecule has 1 aliphatic carbocycles. The lowest BCUT2D eigenvalue weighted by Crippen LogP contribution is -2.41. The third-order valence-electron chi connectivity index (χ3n) is 3.84. The fourth-order valence-corrected chi connectivity index (χ4v) is 2.60. The van der Waals surface area contributed by atoms with E-state index in [9.17, 15) is 9.59 Å². The predicted molar refractivity (Wildman–Crippen MR) is 73.8 cm³/mol. The summed E-state index contributed by atoms with van der Waals surface area (Å²) >= 11 is 0. The minimum absolute atomic E-state index is 0.123. The van der Waals surface area contributed by atoms with Crippen LogP contribution in [0.1, 0.15) is 53.3 Å². The van der Waals surface area contributed by atoms with Crippen molar-refractivity contribution in [3.05, 3.63) is 35.4 Å². The summed E-state index contributed by atoms with van der Waals surface area (Å²) in [5, 5.41) is 3.06. The second-order valence-electron chi connectivity index (χ2n) is 5.29. The van der Waals surface area contributed by atoms with Gasteiger partial charge in [-0.1, -0.05) is 25.8 Å². The zero-order chi connectivity index (χ0) is 13.8. The Morgan fingerprint density at radius 2 is 1.89 bits per heavy atom. The van der Waals surface area contributed by atoms with E-state index in [0.717, 1.165) is 19.3 Å². The Morgan fingerprint density at radius 3 is 2.58 bits per heavy atom. The molecule has 4 nitrogen and oxygen atoms in total. The number of carbonyl (C=O) groups is 2. The molecular formula is C15H20N2O2. The molecule has 2 amide bonds. The summed E-state index contributed by atoms with van der Waals surface area (Å²) < 4.78 is 0. The molecule has 0 aliphatic heterocycles. The van der Waals surface area contributed by atoms with Crippen LogP contribution in [0.2, 0.25) is 0 Å². The zero-order valence-corrected chi connectivity index (χ0v) is 11.2. The highest BCUT2D eigenvalue weighted by atomic mass is 16.2. The summed E-state index contributed by atoms with van der Waals surface area (Å²) in [5.41, 5.74) is 6.08. The summed E-state index contributed by atoms with van der Waals surface area (Å²) in [6.45, 7) is 2.17. The maximum atomic E-state index is 12.2. The Hall–Kier alpha value is -1.84. The van der Waals surface area contributed by atoms with Gasteiger partial charge < -0.3 is 11.1 Å². The second-order valence-corrected chi connectivity index (χ2v) is 5.29. The first kappa shape index (κ1) is 13.6. The van der Waals surface area contributed by atoms with Crippen molar-refractivity contribution >= 4 is 11.8 Å². The van der Waals surface area contributed by atoms with Gasteiger partial charge >= 0.3 is 0 Å². The summed E-state index contributed by atoms with van der Waals surface area (Å²) in [7, 11) is 0. The minimum atomic E-state index is -0.513.